The molecule has 1 rings (SSSR count). The summed E-state index contributed by atoms with van der Waals surface area (Å²) < 4.78 is 1.42. The first-order chi connectivity index (χ1) is 8.70. The molecule has 1 heterocycles. The van der Waals surface area contributed by atoms with Gasteiger partial charge >= 0.3 is 0 Å². The molecule has 4 nitrogen and oxygen atoms in total. The minimum absolute atomic E-state index is 0.226. The van der Waals surface area contributed by atoms with Crippen molar-refractivity contribution < 1.29 is 0 Å². The molecule has 1 aromatic rings. The molecular formula is C14H24ClN3O. The maximum Gasteiger partial charge on any atom is 0.287 e. The van der Waals surface area contributed by atoms with Gasteiger partial charge in [0.25, 0.3) is 5.56 Å². The number of halogens is 1. The first kappa shape index (κ1) is 16.0. The van der Waals surface area contributed by atoms with Crippen LogP contribution in [0.25, 0.3) is 0 Å². The van der Waals surface area contributed by atoms with Crippen molar-refractivity contribution in [3.63, 3.8) is 0 Å². The molecule has 0 bridgehead atoms. The van der Waals surface area contributed by atoms with Crippen LogP contribution in [0, 0.1) is 11.3 Å². The number of aromatic nitrogens is 2. The van der Waals surface area contributed by atoms with Crippen LogP contribution in [0.2, 0.25) is 5.02 Å². The van der Waals surface area contributed by atoms with Crippen LogP contribution >= 0.6 is 11.6 Å². The largest absolute Gasteiger partial charge is 0.382 e. The zero-order chi connectivity index (χ0) is 14.6. The van der Waals surface area contributed by atoms with Crippen molar-refractivity contribution in [1.29, 1.82) is 0 Å². The van der Waals surface area contributed by atoms with Gasteiger partial charge in [0.05, 0.1) is 11.9 Å². The van der Waals surface area contributed by atoms with Gasteiger partial charge in [-0.3, -0.25) is 4.79 Å². The van der Waals surface area contributed by atoms with Crippen molar-refractivity contribution >= 4 is 17.3 Å². The molecule has 0 fully saturated rings. The Morgan fingerprint density at radius 2 is 2.05 bits per heavy atom. The zero-order valence-corrected chi connectivity index (χ0v) is 13.2. The standard InChI is InChI=1S/C14H24ClN3O/c1-10(2)9-18-13(19)12(15)11(8-17-18)16-7-6-14(3,4)5/h8,10,16H,6-7,9H2,1-5H3. The average Bonchev–Trinajstić information content (AvgIpc) is 2.26. The van der Waals surface area contributed by atoms with Crippen molar-refractivity contribution in [2.75, 3.05) is 11.9 Å². The Labute approximate surface area is 120 Å². The molecule has 0 unspecified atom stereocenters. The molecule has 0 saturated carbocycles. The van der Waals surface area contributed by atoms with Crippen molar-refractivity contribution in [2.45, 2.75) is 47.6 Å². The van der Waals surface area contributed by atoms with E-state index < -0.39 is 0 Å². The van der Waals surface area contributed by atoms with Crippen LogP contribution in [0.4, 0.5) is 5.69 Å². The van der Waals surface area contributed by atoms with Gasteiger partial charge in [0, 0.05) is 13.1 Å². The van der Waals surface area contributed by atoms with Gasteiger partial charge in [-0.1, -0.05) is 46.2 Å². The fraction of sp³-hybridized carbons (Fsp3) is 0.714. The predicted molar refractivity (Wildman–Crippen MR) is 80.9 cm³/mol. The van der Waals surface area contributed by atoms with E-state index in [0.29, 0.717) is 18.2 Å². The van der Waals surface area contributed by atoms with Crippen LogP contribution in [0.1, 0.15) is 41.0 Å². The minimum Gasteiger partial charge on any atom is -0.382 e. The van der Waals surface area contributed by atoms with Gasteiger partial charge < -0.3 is 5.32 Å². The zero-order valence-electron chi connectivity index (χ0n) is 12.5. The van der Waals surface area contributed by atoms with Gasteiger partial charge in [0.2, 0.25) is 0 Å². The lowest BCUT2D eigenvalue weighted by molar-refractivity contribution is 0.389. The second-order valence-electron chi connectivity index (χ2n) is 6.49. The summed E-state index contributed by atoms with van der Waals surface area (Å²) in [6.07, 6.45) is 2.63. The molecule has 0 atom stereocenters. The van der Waals surface area contributed by atoms with E-state index in [4.69, 9.17) is 11.6 Å². The average molecular weight is 286 g/mol. The first-order valence-electron chi connectivity index (χ1n) is 6.70. The van der Waals surface area contributed by atoms with Crippen LogP contribution in [0.5, 0.6) is 0 Å². The van der Waals surface area contributed by atoms with Crippen molar-refractivity contribution in [3.8, 4) is 0 Å². The number of hydrogen-bond donors (Lipinski definition) is 1. The molecule has 0 radical (unpaired) electrons. The van der Waals surface area contributed by atoms with E-state index in [-0.39, 0.29) is 16.0 Å². The van der Waals surface area contributed by atoms with Gasteiger partial charge in [-0.05, 0) is 17.8 Å². The summed E-state index contributed by atoms with van der Waals surface area (Å²) in [6.45, 7) is 12.0. The molecule has 0 aliphatic carbocycles. The number of anilines is 1. The monoisotopic (exact) mass is 285 g/mol. The maximum absolute atomic E-state index is 12.0. The lowest BCUT2D eigenvalue weighted by Gasteiger charge is -2.19. The third kappa shape index (κ3) is 5.23. The Bertz CT molecular complexity index is 475. The molecule has 1 aromatic heterocycles. The highest BCUT2D eigenvalue weighted by molar-refractivity contribution is 6.32. The first-order valence-corrected chi connectivity index (χ1v) is 7.08. The Morgan fingerprint density at radius 3 is 2.58 bits per heavy atom. The van der Waals surface area contributed by atoms with E-state index in [1.54, 1.807) is 6.20 Å². The lowest BCUT2D eigenvalue weighted by atomic mass is 9.92. The van der Waals surface area contributed by atoms with Crippen LogP contribution in [0.15, 0.2) is 11.0 Å². The molecule has 5 heteroatoms. The topological polar surface area (TPSA) is 46.9 Å². The molecule has 0 spiro atoms. The summed E-state index contributed by atoms with van der Waals surface area (Å²) in [7, 11) is 0. The molecular weight excluding hydrogens is 262 g/mol. The fourth-order valence-corrected chi connectivity index (χ4v) is 1.85. The summed E-state index contributed by atoms with van der Waals surface area (Å²) in [6, 6.07) is 0. The molecule has 0 saturated heterocycles. The van der Waals surface area contributed by atoms with E-state index in [1.807, 2.05) is 13.8 Å². The number of rotatable bonds is 5. The summed E-state index contributed by atoms with van der Waals surface area (Å²) in [4.78, 5) is 12.0. The van der Waals surface area contributed by atoms with Gasteiger partial charge in [0.1, 0.15) is 5.02 Å². The quantitative estimate of drug-likeness (QED) is 0.902. The lowest BCUT2D eigenvalue weighted by Crippen LogP contribution is -2.26. The van der Waals surface area contributed by atoms with Crippen LogP contribution in [-0.4, -0.2) is 16.3 Å². The molecule has 0 amide bonds. The van der Waals surface area contributed by atoms with E-state index in [2.05, 4.69) is 31.2 Å². The molecule has 0 aliphatic rings. The van der Waals surface area contributed by atoms with Gasteiger partial charge in [-0.25, -0.2) is 4.68 Å². The van der Waals surface area contributed by atoms with Crippen molar-refractivity contribution in [3.05, 3.63) is 21.6 Å². The SMILES string of the molecule is CC(C)Cn1ncc(NCCC(C)(C)C)c(Cl)c1=O. The smallest absolute Gasteiger partial charge is 0.287 e. The second kappa shape index (κ2) is 6.42. The Balaban J connectivity index is 2.77. The van der Waals surface area contributed by atoms with Gasteiger partial charge in [-0.2, -0.15) is 5.10 Å². The second-order valence-corrected chi connectivity index (χ2v) is 6.87. The summed E-state index contributed by atoms with van der Waals surface area (Å²) in [5.74, 6) is 0.362. The van der Waals surface area contributed by atoms with Crippen LogP contribution in [-0.2, 0) is 6.54 Å². The number of nitrogens with one attached hydrogen (secondary N) is 1. The maximum atomic E-state index is 12.0. The fourth-order valence-electron chi connectivity index (χ4n) is 1.64. The van der Waals surface area contributed by atoms with Crippen LogP contribution in [0.3, 0.4) is 0 Å². The van der Waals surface area contributed by atoms with Crippen molar-refractivity contribution in [1.82, 2.24) is 9.78 Å². The van der Waals surface area contributed by atoms with E-state index in [1.165, 1.54) is 4.68 Å². The third-order valence-electron chi connectivity index (χ3n) is 2.71. The normalized spacial score (nSPS) is 11.9. The summed E-state index contributed by atoms with van der Waals surface area (Å²) in [5, 5.41) is 7.56. The molecule has 0 aliphatic heterocycles. The molecule has 19 heavy (non-hydrogen) atoms. The summed E-state index contributed by atoms with van der Waals surface area (Å²) >= 11 is 6.10. The van der Waals surface area contributed by atoms with Crippen LogP contribution < -0.4 is 10.9 Å². The highest BCUT2D eigenvalue weighted by Crippen LogP contribution is 2.20. The number of nitrogens with zero attached hydrogens (tertiary/aromatic N) is 2. The number of hydrogen-bond acceptors (Lipinski definition) is 3. The van der Waals surface area contributed by atoms with Crippen molar-refractivity contribution in [2.24, 2.45) is 11.3 Å². The van der Waals surface area contributed by atoms with E-state index >= 15 is 0 Å². The summed E-state index contributed by atoms with van der Waals surface area (Å²) in [5.41, 5.74) is 0.645. The molecule has 108 valence electrons. The Morgan fingerprint density at radius 1 is 1.42 bits per heavy atom. The van der Waals surface area contributed by atoms with E-state index in [0.717, 1.165) is 13.0 Å². The molecule has 0 aromatic carbocycles. The van der Waals surface area contributed by atoms with Gasteiger partial charge in [0.15, 0.2) is 0 Å². The van der Waals surface area contributed by atoms with Gasteiger partial charge in [-0.15, -0.1) is 0 Å². The highest BCUT2D eigenvalue weighted by atomic mass is 35.5. The predicted octanol–water partition coefficient (Wildman–Crippen LogP) is 3.40. The molecule has 1 N–H and O–H groups in total. The van der Waals surface area contributed by atoms with E-state index in [9.17, 15) is 4.79 Å². The highest BCUT2D eigenvalue weighted by Gasteiger charge is 2.12. The Kier molecular flexibility index (Phi) is 5.41. The minimum atomic E-state index is -0.226. The third-order valence-corrected chi connectivity index (χ3v) is 3.08. The Hall–Kier alpha value is -1.03.